The van der Waals surface area contributed by atoms with Crippen molar-refractivity contribution in [2.24, 2.45) is 0 Å². The highest BCUT2D eigenvalue weighted by Gasteiger charge is 2.22. The van der Waals surface area contributed by atoms with Crippen molar-refractivity contribution >= 4 is 34.5 Å². The first kappa shape index (κ1) is 15.4. The molecule has 21 heavy (non-hydrogen) atoms. The van der Waals surface area contributed by atoms with Gasteiger partial charge in [-0.2, -0.15) is 0 Å². The van der Waals surface area contributed by atoms with Gasteiger partial charge in [0, 0.05) is 16.2 Å². The summed E-state index contributed by atoms with van der Waals surface area (Å²) in [6.07, 6.45) is 1.72. The smallest absolute Gasteiger partial charge is 0.326 e. The van der Waals surface area contributed by atoms with Crippen molar-refractivity contribution in [1.29, 1.82) is 0 Å². The van der Waals surface area contributed by atoms with E-state index in [0.717, 1.165) is 9.13 Å². The van der Waals surface area contributed by atoms with Gasteiger partial charge in [0.15, 0.2) is 0 Å². The fourth-order valence-electron chi connectivity index (χ4n) is 1.81. The van der Waals surface area contributed by atoms with Crippen LogP contribution in [0, 0.1) is 3.57 Å². The molecule has 0 bridgehead atoms. The average molecular weight is 396 g/mol. The van der Waals surface area contributed by atoms with Crippen LogP contribution < -0.4 is 5.32 Å². The van der Waals surface area contributed by atoms with Gasteiger partial charge in [0.05, 0.1) is 0 Å². The molecule has 2 N–H and O–H groups in total. The number of amides is 1. The molecule has 6 heteroatoms. The van der Waals surface area contributed by atoms with Gasteiger partial charge in [-0.3, -0.25) is 9.78 Å². The summed E-state index contributed by atoms with van der Waals surface area (Å²) < 4.78 is 0.966. The number of carboxylic acids is 1. The summed E-state index contributed by atoms with van der Waals surface area (Å²) in [5.41, 5.74) is 1.08. The number of halogens is 1. The molecule has 1 aromatic carbocycles. The number of nitrogens with zero attached hydrogens (tertiary/aromatic N) is 1. The number of aliphatic carboxylic acids is 1. The van der Waals surface area contributed by atoms with Crippen LogP contribution >= 0.6 is 22.6 Å². The van der Waals surface area contributed by atoms with E-state index < -0.39 is 17.9 Å². The minimum absolute atomic E-state index is 0.200. The summed E-state index contributed by atoms with van der Waals surface area (Å²) in [5.74, 6) is -1.56. The Bertz CT molecular complexity index is 646. The molecule has 0 aliphatic rings. The number of carbonyl (C=O) groups excluding carboxylic acids is 1. The Hall–Kier alpha value is -1.96. The van der Waals surface area contributed by atoms with Gasteiger partial charge in [0.1, 0.15) is 11.7 Å². The number of aromatic nitrogens is 1. The highest BCUT2D eigenvalue weighted by atomic mass is 127. The van der Waals surface area contributed by atoms with E-state index in [-0.39, 0.29) is 12.1 Å². The zero-order valence-corrected chi connectivity index (χ0v) is 13.1. The van der Waals surface area contributed by atoms with Crippen LogP contribution in [0.1, 0.15) is 16.1 Å². The fourth-order valence-corrected chi connectivity index (χ4v) is 2.42. The quantitative estimate of drug-likeness (QED) is 0.759. The van der Waals surface area contributed by atoms with Crippen LogP contribution in [0.2, 0.25) is 0 Å². The van der Waals surface area contributed by atoms with Crippen LogP contribution in [0.4, 0.5) is 0 Å². The van der Waals surface area contributed by atoms with E-state index in [0.29, 0.717) is 0 Å². The Morgan fingerprint density at radius 2 is 1.90 bits per heavy atom. The van der Waals surface area contributed by atoms with Crippen molar-refractivity contribution in [2.45, 2.75) is 12.5 Å². The second kappa shape index (κ2) is 7.16. The maximum absolute atomic E-state index is 12.0. The van der Waals surface area contributed by atoms with Crippen molar-refractivity contribution in [2.75, 3.05) is 0 Å². The number of hydrogen-bond donors (Lipinski definition) is 2. The van der Waals surface area contributed by atoms with Gasteiger partial charge in [0.2, 0.25) is 0 Å². The molecule has 108 valence electrons. The Labute approximate surface area is 135 Å². The van der Waals surface area contributed by atoms with Crippen LogP contribution in [0.5, 0.6) is 0 Å². The monoisotopic (exact) mass is 396 g/mol. The lowest BCUT2D eigenvalue weighted by Gasteiger charge is -2.15. The van der Waals surface area contributed by atoms with E-state index in [2.05, 4.69) is 32.9 Å². The minimum atomic E-state index is -1.07. The number of hydrogen-bond acceptors (Lipinski definition) is 3. The summed E-state index contributed by atoms with van der Waals surface area (Å²) >= 11 is 2.14. The molecule has 5 nitrogen and oxygen atoms in total. The van der Waals surface area contributed by atoms with E-state index in [1.165, 1.54) is 6.20 Å². The first-order chi connectivity index (χ1) is 10.1. The lowest BCUT2D eigenvalue weighted by atomic mass is 10.1. The molecule has 0 aliphatic heterocycles. The van der Waals surface area contributed by atoms with Gasteiger partial charge in [-0.05, 0) is 46.4 Å². The lowest BCUT2D eigenvalue weighted by Crippen LogP contribution is -2.42. The zero-order valence-electron chi connectivity index (χ0n) is 11.0. The molecule has 1 aromatic heterocycles. The lowest BCUT2D eigenvalue weighted by molar-refractivity contribution is -0.139. The van der Waals surface area contributed by atoms with E-state index in [1.807, 2.05) is 24.3 Å². The second-order valence-corrected chi connectivity index (χ2v) is 5.54. The normalized spacial score (nSPS) is 11.7. The largest absolute Gasteiger partial charge is 0.480 e. The summed E-state index contributed by atoms with van der Waals surface area (Å²) in [6.45, 7) is 0. The topological polar surface area (TPSA) is 79.3 Å². The number of rotatable bonds is 5. The highest BCUT2D eigenvalue weighted by Crippen LogP contribution is 2.14. The molecule has 0 radical (unpaired) electrons. The molecule has 0 saturated carbocycles. The first-order valence-electron chi connectivity index (χ1n) is 6.26. The Morgan fingerprint density at radius 1 is 1.19 bits per heavy atom. The summed E-state index contributed by atoms with van der Waals surface area (Å²) in [6, 6.07) is 11.4. The summed E-state index contributed by atoms with van der Waals surface area (Å²) in [4.78, 5) is 27.2. The molecule has 1 heterocycles. The van der Waals surface area contributed by atoms with Gasteiger partial charge in [-0.15, -0.1) is 0 Å². The van der Waals surface area contributed by atoms with E-state index >= 15 is 0 Å². The zero-order chi connectivity index (χ0) is 15.2. The maximum atomic E-state index is 12.0. The van der Waals surface area contributed by atoms with Crippen molar-refractivity contribution < 1.29 is 14.7 Å². The number of benzene rings is 1. The third kappa shape index (κ3) is 4.25. The molecule has 0 saturated heterocycles. The Balaban J connectivity index is 2.12. The standard InChI is InChI=1S/C15H13IN2O3/c16-11-6-2-1-5-10(11)9-13(15(20)21)18-14(19)12-7-3-4-8-17-12/h1-8,13H,9H2,(H,18,19)(H,20,21)/t13-/m1/s1. The van der Waals surface area contributed by atoms with E-state index in [9.17, 15) is 14.7 Å². The number of carboxylic acid groups (broad SMARTS) is 1. The molecule has 0 unspecified atom stereocenters. The Morgan fingerprint density at radius 3 is 2.52 bits per heavy atom. The SMILES string of the molecule is O=C(N[C@H](Cc1ccccc1I)C(=O)O)c1ccccn1. The second-order valence-electron chi connectivity index (χ2n) is 4.37. The van der Waals surface area contributed by atoms with Crippen molar-refractivity contribution in [3.63, 3.8) is 0 Å². The molecule has 0 spiro atoms. The van der Waals surface area contributed by atoms with Crippen LogP contribution in [-0.2, 0) is 11.2 Å². The van der Waals surface area contributed by atoms with Crippen LogP contribution in [0.25, 0.3) is 0 Å². The van der Waals surface area contributed by atoms with Gasteiger partial charge >= 0.3 is 5.97 Å². The van der Waals surface area contributed by atoms with E-state index in [1.54, 1.807) is 18.2 Å². The van der Waals surface area contributed by atoms with Crippen molar-refractivity contribution in [3.8, 4) is 0 Å². The summed E-state index contributed by atoms with van der Waals surface area (Å²) in [7, 11) is 0. The van der Waals surface area contributed by atoms with Crippen LogP contribution in [-0.4, -0.2) is 28.0 Å². The summed E-state index contributed by atoms with van der Waals surface area (Å²) in [5, 5.41) is 11.8. The van der Waals surface area contributed by atoms with Gasteiger partial charge < -0.3 is 10.4 Å². The fraction of sp³-hybridized carbons (Fsp3) is 0.133. The third-order valence-corrected chi connectivity index (χ3v) is 3.94. The van der Waals surface area contributed by atoms with Crippen molar-refractivity contribution in [3.05, 3.63) is 63.5 Å². The van der Waals surface area contributed by atoms with Crippen LogP contribution in [0.3, 0.4) is 0 Å². The first-order valence-corrected chi connectivity index (χ1v) is 7.34. The van der Waals surface area contributed by atoms with Gasteiger partial charge in [0.25, 0.3) is 5.91 Å². The predicted molar refractivity (Wildman–Crippen MR) is 86.0 cm³/mol. The van der Waals surface area contributed by atoms with Crippen molar-refractivity contribution in [1.82, 2.24) is 10.3 Å². The molecule has 2 aromatic rings. The number of carbonyl (C=O) groups is 2. The maximum Gasteiger partial charge on any atom is 0.326 e. The van der Waals surface area contributed by atoms with Crippen LogP contribution in [0.15, 0.2) is 48.7 Å². The predicted octanol–water partition coefficient (Wildman–Crippen LogP) is 2.11. The van der Waals surface area contributed by atoms with E-state index in [4.69, 9.17) is 0 Å². The molecule has 0 fully saturated rings. The molecular formula is C15H13IN2O3. The molecule has 0 aliphatic carbocycles. The van der Waals surface area contributed by atoms with Gasteiger partial charge in [-0.25, -0.2) is 4.79 Å². The molecule has 2 rings (SSSR count). The number of nitrogens with one attached hydrogen (secondary N) is 1. The minimum Gasteiger partial charge on any atom is -0.480 e. The highest BCUT2D eigenvalue weighted by molar-refractivity contribution is 14.1. The third-order valence-electron chi connectivity index (χ3n) is 2.88. The molecular weight excluding hydrogens is 383 g/mol. The average Bonchev–Trinajstić information content (AvgIpc) is 2.49. The molecule has 1 amide bonds. The molecule has 1 atom stereocenters. The van der Waals surface area contributed by atoms with Gasteiger partial charge in [-0.1, -0.05) is 24.3 Å². The number of pyridine rings is 1. The Kier molecular flexibility index (Phi) is 5.26.